The zero-order chi connectivity index (χ0) is 17.9. The third-order valence-corrected chi connectivity index (χ3v) is 4.46. The SMILES string of the molecule is CC(CN1CCOCC1)Nc1nc2c(cnn2-c2ccccc2)c(=O)[nH]1. The topological polar surface area (TPSA) is 88.1 Å². The van der Waals surface area contributed by atoms with Gasteiger partial charge in [0.2, 0.25) is 5.95 Å². The molecule has 8 heteroatoms. The number of rotatable bonds is 5. The number of aromatic amines is 1. The van der Waals surface area contributed by atoms with Gasteiger partial charge >= 0.3 is 0 Å². The summed E-state index contributed by atoms with van der Waals surface area (Å²) >= 11 is 0. The Morgan fingerprint density at radius 3 is 2.81 bits per heavy atom. The summed E-state index contributed by atoms with van der Waals surface area (Å²) in [7, 11) is 0. The smallest absolute Gasteiger partial charge is 0.263 e. The van der Waals surface area contributed by atoms with Crippen LogP contribution in [0, 0.1) is 0 Å². The monoisotopic (exact) mass is 354 g/mol. The maximum Gasteiger partial charge on any atom is 0.263 e. The molecule has 1 atom stereocenters. The zero-order valence-corrected chi connectivity index (χ0v) is 14.7. The number of nitrogens with one attached hydrogen (secondary N) is 2. The van der Waals surface area contributed by atoms with Crippen molar-refractivity contribution in [2.45, 2.75) is 13.0 Å². The van der Waals surface area contributed by atoms with Gasteiger partial charge in [0, 0.05) is 25.7 Å². The minimum absolute atomic E-state index is 0.141. The van der Waals surface area contributed by atoms with E-state index < -0.39 is 0 Å². The van der Waals surface area contributed by atoms with Crippen LogP contribution in [0.5, 0.6) is 0 Å². The molecule has 26 heavy (non-hydrogen) atoms. The molecule has 8 nitrogen and oxygen atoms in total. The molecule has 0 spiro atoms. The van der Waals surface area contributed by atoms with Crippen molar-refractivity contribution in [1.29, 1.82) is 0 Å². The van der Waals surface area contributed by atoms with Gasteiger partial charge in [0.15, 0.2) is 5.65 Å². The molecule has 1 unspecified atom stereocenters. The third-order valence-electron chi connectivity index (χ3n) is 4.46. The van der Waals surface area contributed by atoms with E-state index in [-0.39, 0.29) is 11.6 Å². The number of H-pyrrole nitrogens is 1. The predicted molar refractivity (Wildman–Crippen MR) is 99.8 cm³/mol. The first-order valence-corrected chi connectivity index (χ1v) is 8.81. The normalized spacial score (nSPS) is 16.7. The van der Waals surface area contributed by atoms with Gasteiger partial charge in [-0.2, -0.15) is 10.1 Å². The van der Waals surface area contributed by atoms with Crippen LogP contribution in [-0.4, -0.2) is 63.5 Å². The highest BCUT2D eigenvalue weighted by atomic mass is 16.5. The number of aromatic nitrogens is 4. The minimum atomic E-state index is -0.196. The zero-order valence-electron chi connectivity index (χ0n) is 14.7. The Labute approximate surface area is 150 Å². The molecule has 2 N–H and O–H groups in total. The van der Waals surface area contributed by atoms with E-state index in [1.165, 1.54) is 0 Å². The Hall–Kier alpha value is -2.71. The van der Waals surface area contributed by atoms with E-state index in [0.717, 1.165) is 38.5 Å². The summed E-state index contributed by atoms with van der Waals surface area (Å²) in [5.74, 6) is 0.459. The lowest BCUT2D eigenvalue weighted by Gasteiger charge is -2.29. The van der Waals surface area contributed by atoms with Crippen LogP contribution in [0.4, 0.5) is 5.95 Å². The highest BCUT2D eigenvalue weighted by molar-refractivity contribution is 5.76. The fourth-order valence-electron chi connectivity index (χ4n) is 3.20. The molecule has 1 saturated heterocycles. The molecule has 1 fully saturated rings. The fourth-order valence-corrected chi connectivity index (χ4v) is 3.20. The van der Waals surface area contributed by atoms with Crippen molar-refractivity contribution in [3.63, 3.8) is 0 Å². The van der Waals surface area contributed by atoms with Crippen molar-refractivity contribution in [3.05, 3.63) is 46.9 Å². The molecule has 0 amide bonds. The van der Waals surface area contributed by atoms with Gasteiger partial charge in [-0.3, -0.25) is 14.7 Å². The van der Waals surface area contributed by atoms with Crippen molar-refractivity contribution in [3.8, 4) is 5.69 Å². The summed E-state index contributed by atoms with van der Waals surface area (Å²) < 4.78 is 7.06. The second-order valence-electron chi connectivity index (χ2n) is 6.50. The summed E-state index contributed by atoms with van der Waals surface area (Å²) in [5.41, 5.74) is 1.21. The quantitative estimate of drug-likeness (QED) is 0.717. The van der Waals surface area contributed by atoms with Crippen molar-refractivity contribution in [1.82, 2.24) is 24.6 Å². The van der Waals surface area contributed by atoms with Gasteiger partial charge in [-0.25, -0.2) is 4.68 Å². The molecule has 2 aromatic heterocycles. The molecular weight excluding hydrogens is 332 g/mol. The second-order valence-corrected chi connectivity index (χ2v) is 6.50. The van der Waals surface area contributed by atoms with Crippen LogP contribution in [0.15, 0.2) is 41.3 Å². The highest BCUT2D eigenvalue weighted by Gasteiger charge is 2.16. The summed E-state index contributed by atoms with van der Waals surface area (Å²) in [6.45, 7) is 6.33. The number of fused-ring (bicyclic) bond motifs is 1. The largest absolute Gasteiger partial charge is 0.379 e. The van der Waals surface area contributed by atoms with Crippen LogP contribution >= 0.6 is 0 Å². The third kappa shape index (κ3) is 3.47. The summed E-state index contributed by atoms with van der Waals surface area (Å²) in [6, 6.07) is 9.81. The van der Waals surface area contributed by atoms with Crippen molar-refractivity contribution in [2.24, 2.45) is 0 Å². The Morgan fingerprint density at radius 1 is 1.27 bits per heavy atom. The molecule has 3 aromatic rings. The van der Waals surface area contributed by atoms with Crippen LogP contribution in [-0.2, 0) is 4.74 Å². The van der Waals surface area contributed by atoms with Gasteiger partial charge in [-0.05, 0) is 19.1 Å². The molecule has 0 bridgehead atoms. The number of hydrogen-bond donors (Lipinski definition) is 2. The van der Waals surface area contributed by atoms with Crippen molar-refractivity contribution >= 4 is 17.0 Å². The molecule has 1 aromatic carbocycles. The van der Waals surface area contributed by atoms with E-state index in [1.54, 1.807) is 10.9 Å². The minimum Gasteiger partial charge on any atom is -0.379 e. The molecule has 1 aliphatic rings. The number of morpholine rings is 1. The summed E-state index contributed by atoms with van der Waals surface area (Å²) in [6.07, 6.45) is 1.55. The lowest BCUT2D eigenvalue weighted by Crippen LogP contribution is -2.42. The number of hydrogen-bond acceptors (Lipinski definition) is 6. The van der Waals surface area contributed by atoms with Gasteiger partial charge in [0.25, 0.3) is 5.56 Å². The van der Waals surface area contributed by atoms with Crippen LogP contribution in [0.1, 0.15) is 6.92 Å². The number of para-hydroxylation sites is 1. The first kappa shape index (κ1) is 16.7. The maximum atomic E-state index is 12.4. The van der Waals surface area contributed by atoms with Gasteiger partial charge in [-0.15, -0.1) is 0 Å². The Kier molecular flexibility index (Phi) is 4.68. The Bertz CT molecular complexity index is 930. The summed E-state index contributed by atoms with van der Waals surface area (Å²) in [4.78, 5) is 22.1. The number of ether oxygens (including phenoxy) is 1. The van der Waals surface area contributed by atoms with E-state index in [2.05, 4.69) is 32.2 Å². The molecule has 4 rings (SSSR count). The van der Waals surface area contributed by atoms with Crippen molar-refractivity contribution in [2.75, 3.05) is 38.2 Å². The van der Waals surface area contributed by atoms with Crippen LogP contribution in [0.2, 0.25) is 0 Å². The number of benzene rings is 1. The first-order valence-electron chi connectivity index (χ1n) is 8.81. The lowest BCUT2D eigenvalue weighted by molar-refractivity contribution is 0.0368. The molecule has 0 radical (unpaired) electrons. The van der Waals surface area contributed by atoms with Crippen molar-refractivity contribution < 1.29 is 4.74 Å². The average molecular weight is 354 g/mol. The molecular formula is C18H22N6O2. The second kappa shape index (κ2) is 7.27. The number of anilines is 1. The van der Waals surface area contributed by atoms with Gasteiger partial charge in [0.1, 0.15) is 5.39 Å². The van der Waals surface area contributed by atoms with Crippen LogP contribution in [0.25, 0.3) is 16.7 Å². The van der Waals surface area contributed by atoms with E-state index in [1.807, 2.05) is 30.3 Å². The predicted octanol–water partition coefficient (Wildman–Crippen LogP) is 1.24. The van der Waals surface area contributed by atoms with E-state index in [0.29, 0.717) is 17.0 Å². The van der Waals surface area contributed by atoms with Crippen LogP contribution in [0.3, 0.4) is 0 Å². The molecule has 136 valence electrons. The van der Waals surface area contributed by atoms with Gasteiger partial charge in [0.05, 0.1) is 25.1 Å². The average Bonchev–Trinajstić information content (AvgIpc) is 3.07. The van der Waals surface area contributed by atoms with Gasteiger partial charge < -0.3 is 10.1 Å². The number of nitrogens with zero attached hydrogens (tertiary/aromatic N) is 4. The first-order chi connectivity index (χ1) is 12.7. The molecule has 0 aliphatic carbocycles. The highest BCUT2D eigenvalue weighted by Crippen LogP contribution is 2.15. The van der Waals surface area contributed by atoms with E-state index in [9.17, 15) is 4.79 Å². The fraction of sp³-hybridized carbons (Fsp3) is 0.389. The Balaban J connectivity index is 1.58. The van der Waals surface area contributed by atoms with Crippen LogP contribution < -0.4 is 10.9 Å². The van der Waals surface area contributed by atoms with Gasteiger partial charge in [-0.1, -0.05) is 18.2 Å². The standard InChI is InChI=1S/C18H22N6O2/c1-13(12-23-7-9-26-10-8-23)20-18-21-16-15(17(25)22-18)11-19-24(16)14-5-3-2-4-6-14/h2-6,11,13H,7-10,12H2,1H3,(H2,20,21,22,25). The molecule has 3 heterocycles. The molecule has 1 aliphatic heterocycles. The van der Waals surface area contributed by atoms with E-state index in [4.69, 9.17) is 4.74 Å². The maximum absolute atomic E-state index is 12.4. The molecule has 0 saturated carbocycles. The Morgan fingerprint density at radius 2 is 2.04 bits per heavy atom. The lowest BCUT2D eigenvalue weighted by atomic mass is 10.3. The summed E-state index contributed by atoms with van der Waals surface area (Å²) in [5, 5.41) is 8.10. The van der Waals surface area contributed by atoms with E-state index >= 15 is 0 Å².